The Morgan fingerprint density at radius 1 is 1.18 bits per heavy atom. The fourth-order valence-corrected chi connectivity index (χ4v) is 1.47. The Hall–Kier alpha value is -1.84. The number of rotatable bonds is 4. The number of amides is 1. The third-order valence-corrected chi connectivity index (χ3v) is 2.61. The van der Waals surface area contributed by atoms with Crippen molar-refractivity contribution in [3.63, 3.8) is 0 Å². The lowest BCUT2D eigenvalue weighted by Gasteiger charge is -2.16. The van der Waals surface area contributed by atoms with Crippen LogP contribution in [0.25, 0.3) is 0 Å². The van der Waals surface area contributed by atoms with Crippen LogP contribution in [-0.2, 0) is 14.3 Å². The van der Waals surface area contributed by atoms with Crippen LogP contribution in [0.3, 0.4) is 0 Å². The van der Waals surface area contributed by atoms with Crippen molar-refractivity contribution in [3.8, 4) is 0 Å². The highest BCUT2D eigenvalue weighted by Crippen LogP contribution is 2.14. The summed E-state index contributed by atoms with van der Waals surface area (Å²) < 4.78 is 4.54. The van der Waals surface area contributed by atoms with E-state index < -0.39 is 12.0 Å². The first-order valence-corrected chi connectivity index (χ1v) is 5.49. The van der Waals surface area contributed by atoms with Crippen molar-refractivity contribution >= 4 is 11.9 Å². The highest BCUT2D eigenvalue weighted by Gasteiger charge is 2.20. The molecule has 0 radical (unpaired) electrons. The Labute approximate surface area is 101 Å². The molecule has 0 saturated carbocycles. The summed E-state index contributed by atoms with van der Waals surface area (Å²) >= 11 is 0. The highest BCUT2D eigenvalue weighted by atomic mass is 16.5. The summed E-state index contributed by atoms with van der Waals surface area (Å²) in [4.78, 5) is 23.0. The maximum absolute atomic E-state index is 11.9. The Kier molecular flexibility index (Phi) is 4.69. The van der Waals surface area contributed by atoms with Crippen molar-refractivity contribution in [1.82, 2.24) is 5.32 Å². The van der Waals surface area contributed by atoms with E-state index in [0.29, 0.717) is 0 Å². The van der Waals surface area contributed by atoms with Gasteiger partial charge in [0.25, 0.3) is 0 Å². The van der Waals surface area contributed by atoms with Gasteiger partial charge in [-0.3, -0.25) is 4.79 Å². The zero-order chi connectivity index (χ0) is 12.8. The number of nitrogens with one attached hydrogen (secondary N) is 1. The number of carbonyl (C=O) groups excluding carboxylic acids is 2. The average Bonchev–Trinajstić information content (AvgIpc) is 2.37. The molecule has 2 atom stereocenters. The molecule has 0 aliphatic rings. The fraction of sp³-hybridized carbons (Fsp3) is 0.385. The standard InChI is InChI=1S/C13H17NO3/c1-9(11-7-5-4-6-8-11)12(15)14-10(2)13(16)17-3/h4-10H,1-3H3,(H,14,15). The van der Waals surface area contributed by atoms with E-state index >= 15 is 0 Å². The molecule has 0 aliphatic carbocycles. The van der Waals surface area contributed by atoms with Gasteiger partial charge in [-0.15, -0.1) is 0 Å². The van der Waals surface area contributed by atoms with Gasteiger partial charge in [-0.1, -0.05) is 30.3 Å². The molecule has 92 valence electrons. The van der Waals surface area contributed by atoms with Crippen LogP contribution >= 0.6 is 0 Å². The van der Waals surface area contributed by atoms with Crippen LogP contribution in [-0.4, -0.2) is 25.0 Å². The van der Waals surface area contributed by atoms with Crippen molar-refractivity contribution in [2.75, 3.05) is 7.11 Å². The first-order chi connectivity index (χ1) is 8.06. The largest absolute Gasteiger partial charge is 0.467 e. The van der Waals surface area contributed by atoms with E-state index in [9.17, 15) is 9.59 Å². The van der Waals surface area contributed by atoms with Crippen molar-refractivity contribution in [2.45, 2.75) is 25.8 Å². The molecule has 1 rings (SSSR count). The molecule has 0 aromatic heterocycles. The van der Waals surface area contributed by atoms with E-state index in [2.05, 4.69) is 10.1 Å². The number of ether oxygens (including phenoxy) is 1. The molecule has 1 N–H and O–H groups in total. The molecule has 0 bridgehead atoms. The minimum atomic E-state index is -0.626. The van der Waals surface area contributed by atoms with Gasteiger partial charge in [0.05, 0.1) is 13.0 Å². The van der Waals surface area contributed by atoms with E-state index in [1.165, 1.54) is 7.11 Å². The van der Waals surface area contributed by atoms with Crippen molar-refractivity contribution in [1.29, 1.82) is 0 Å². The van der Waals surface area contributed by atoms with Gasteiger partial charge in [0.1, 0.15) is 6.04 Å². The molecule has 4 heteroatoms. The summed E-state index contributed by atoms with van der Waals surface area (Å²) in [7, 11) is 1.30. The molecule has 0 aliphatic heterocycles. The third-order valence-electron chi connectivity index (χ3n) is 2.61. The van der Waals surface area contributed by atoms with Gasteiger partial charge >= 0.3 is 5.97 Å². The summed E-state index contributed by atoms with van der Waals surface area (Å²) in [5.41, 5.74) is 0.919. The minimum Gasteiger partial charge on any atom is -0.467 e. The first-order valence-electron chi connectivity index (χ1n) is 5.49. The molecule has 0 heterocycles. The zero-order valence-corrected chi connectivity index (χ0v) is 10.3. The van der Waals surface area contributed by atoms with E-state index in [-0.39, 0.29) is 11.8 Å². The van der Waals surface area contributed by atoms with Gasteiger partial charge in [0.2, 0.25) is 5.91 Å². The molecule has 2 unspecified atom stereocenters. The van der Waals surface area contributed by atoms with Crippen LogP contribution in [0.15, 0.2) is 30.3 Å². The number of methoxy groups -OCH3 is 1. The third kappa shape index (κ3) is 3.59. The lowest BCUT2D eigenvalue weighted by atomic mass is 10.0. The second kappa shape index (κ2) is 6.03. The fourth-order valence-electron chi connectivity index (χ4n) is 1.47. The maximum atomic E-state index is 11.9. The number of esters is 1. The lowest BCUT2D eigenvalue weighted by Crippen LogP contribution is -2.41. The van der Waals surface area contributed by atoms with Crippen LogP contribution in [0.2, 0.25) is 0 Å². The molecule has 1 amide bonds. The minimum absolute atomic E-state index is 0.186. The molecule has 1 aromatic rings. The molecule has 17 heavy (non-hydrogen) atoms. The predicted octanol–water partition coefficient (Wildman–Crippen LogP) is 1.47. The summed E-state index contributed by atoms with van der Waals surface area (Å²) in [5.74, 6) is -0.920. The molecule has 0 saturated heterocycles. The van der Waals surface area contributed by atoms with Crippen molar-refractivity contribution < 1.29 is 14.3 Å². The van der Waals surface area contributed by atoms with Crippen LogP contribution in [0.1, 0.15) is 25.3 Å². The van der Waals surface area contributed by atoms with Crippen molar-refractivity contribution in [3.05, 3.63) is 35.9 Å². The van der Waals surface area contributed by atoms with Crippen LogP contribution in [0, 0.1) is 0 Å². The molecular weight excluding hydrogens is 218 g/mol. The smallest absolute Gasteiger partial charge is 0.328 e. The van der Waals surface area contributed by atoms with Gasteiger partial charge in [-0.05, 0) is 19.4 Å². The SMILES string of the molecule is COC(=O)C(C)NC(=O)C(C)c1ccccc1. The summed E-state index contributed by atoms with van der Waals surface area (Å²) in [6, 6.07) is 8.79. The number of hydrogen-bond donors (Lipinski definition) is 1. The van der Waals surface area contributed by atoms with Gasteiger partial charge in [-0.2, -0.15) is 0 Å². The average molecular weight is 235 g/mol. The zero-order valence-electron chi connectivity index (χ0n) is 10.3. The summed E-state index contributed by atoms with van der Waals surface area (Å²) in [5, 5.41) is 2.62. The predicted molar refractivity (Wildman–Crippen MR) is 64.5 cm³/mol. The molecule has 0 fully saturated rings. The van der Waals surface area contributed by atoms with Gasteiger partial charge in [-0.25, -0.2) is 4.79 Å². The van der Waals surface area contributed by atoms with Crippen LogP contribution in [0.4, 0.5) is 0 Å². The maximum Gasteiger partial charge on any atom is 0.328 e. The monoisotopic (exact) mass is 235 g/mol. The second-order valence-corrected chi connectivity index (χ2v) is 3.89. The van der Waals surface area contributed by atoms with Crippen LogP contribution in [0.5, 0.6) is 0 Å². The van der Waals surface area contributed by atoms with Gasteiger partial charge in [0, 0.05) is 0 Å². The lowest BCUT2D eigenvalue weighted by molar-refractivity contribution is -0.144. The molecule has 1 aromatic carbocycles. The summed E-state index contributed by atoms with van der Waals surface area (Å²) in [6.07, 6.45) is 0. The molecule has 0 spiro atoms. The van der Waals surface area contributed by atoms with Gasteiger partial charge in [0.15, 0.2) is 0 Å². The Bertz CT molecular complexity index is 389. The Morgan fingerprint density at radius 2 is 1.76 bits per heavy atom. The van der Waals surface area contributed by atoms with E-state index in [1.807, 2.05) is 30.3 Å². The Balaban J connectivity index is 2.62. The molecular formula is C13H17NO3. The van der Waals surface area contributed by atoms with E-state index in [4.69, 9.17) is 0 Å². The highest BCUT2D eigenvalue weighted by molar-refractivity contribution is 5.88. The van der Waals surface area contributed by atoms with Gasteiger partial charge < -0.3 is 10.1 Å². The Morgan fingerprint density at radius 3 is 2.29 bits per heavy atom. The molecule has 4 nitrogen and oxygen atoms in total. The van der Waals surface area contributed by atoms with Crippen molar-refractivity contribution in [2.24, 2.45) is 0 Å². The van der Waals surface area contributed by atoms with E-state index in [1.54, 1.807) is 13.8 Å². The summed E-state index contributed by atoms with van der Waals surface area (Å²) in [6.45, 7) is 3.40. The second-order valence-electron chi connectivity index (χ2n) is 3.89. The van der Waals surface area contributed by atoms with E-state index in [0.717, 1.165) is 5.56 Å². The van der Waals surface area contributed by atoms with Crippen LogP contribution < -0.4 is 5.32 Å². The first kappa shape index (κ1) is 13.2. The topological polar surface area (TPSA) is 55.4 Å². The number of benzene rings is 1. The number of hydrogen-bond acceptors (Lipinski definition) is 3. The normalized spacial score (nSPS) is 13.6. The quantitative estimate of drug-likeness (QED) is 0.804. The number of carbonyl (C=O) groups is 2.